The fourth-order valence-electron chi connectivity index (χ4n) is 1.88. The van der Waals surface area contributed by atoms with Crippen molar-refractivity contribution in [3.05, 3.63) is 35.9 Å². The number of rotatable bonds is 5. The second kappa shape index (κ2) is 7.85. The molecule has 1 aromatic carbocycles. The van der Waals surface area contributed by atoms with Crippen LogP contribution in [0.1, 0.15) is 24.4 Å². The van der Waals surface area contributed by atoms with Crippen molar-refractivity contribution < 1.29 is 0 Å². The van der Waals surface area contributed by atoms with E-state index in [0.717, 1.165) is 12.8 Å². The Bertz CT molecular complexity index is 428. The Morgan fingerprint density at radius 2 is 1.84 bits per heavy atom. The zero-order valence-corrected chi connectivity index (χ0v) is 13.6. The summed E-state index contributed by atoms with van der Waals surface area (Å²) in [5, 5.41) is 0.227. The van der Waals surface area contributed by atoms with Gasteiger partial charge in [0.05, 0.1) is 11.3 Å². The van der Waals surface area contributed by atoms with Gasteiger partial charge in [-0.05, 0) is 30.8 Å². The van der Waals surface area contributed by atoms with E-state index in [9.17, 15) is 0 Å². The molecule has 0 unspecified atom stereocenters. The first-order valence-corrected chi connectivity index (χ1v) is 9.94. The van der Waals surface area contributed by atoms with E-state index < -0.39 is 10.0 Å². The molecule has 2 atom stereocenters. The fraction of sp³-hybridized carbons (Fsp3) is 0.500. The molecular weight excluding hydrogens is 274 g/mol. The van der Waals surface area contributed by atoms with Crippen LogP contribution in [0.4, 0.5) is 0 Å². The SMILES string of the molecule is CS(C)(C)[C@@H](C#CCCCCl)[C@@H](N)c1ccccc1. The van der Waals surface area contributed by atoms with E-state index in [1.807, 2.05) is 18.2 Å². The summed E-state index contributed by atoms with van der Waals surface area (Å²) in [6.45, 7) is 0. The maximum Gasteiger partial charge on any atom is 0.0691 e. The van der Waals surface area contributed by atoms with Gasteiger partial charge in [0, 0.05) is 12.3 Å². The Kier molecular flexibility index (Phi) is 6.79. The molecule has 19 heavy (non-hydrogen) atoms. The molecule has 0 radical (unpaired) electrons. The van der Waals surface area contributed by atoms with Gasteiger partial charge in [-0.1, -0.05) is 36.3 Å². The molecule has 0 spiro atoms. The monoisotopic (exact) mass is 297 g/mol. The Labute approximate surface area is 124 Å². The predicted molar refractivity (Wildman–Crippen MR) is 90.3 cm³/mol. The molecule has 1 rings (SSSR count). The summed E-state index contributed by atoms with van der Waals surface area (Å²) < 4.78 is 0. The van der Waals surface area contributed by atoms with Crippen molar-refractivity contribution in [3.63, 3.8) is 0 Å². The van der Waals surface area contributed by atoms with E-state index in [0.29, 0.717) is 5.88 Å². The number of halogens is 1. The van der Waals surface area contributed by atoms with Crippen LogP contribution in [-0.4, -0.2) is 29.9 Å². The molecule has 0 saturated carbocycles. The molecule has 0 aromatic heterocycles. The lowest BCUT2D eigenvalue weighted by molar-refractivity contribution is 0.762. The Morgan fingerprint density at radius 3 is 2.37 bits per heavy atom. The number of unbranched alkanes of at least 4 members (excludes halogenated alkanes) is 1. The molecule has 0 saturated heterocycles. The van der Waals surface area contributed by atoms with Crippen molar-refractivity contribution in [2.75, 3.05) is 24.6 Å². The van der Waals surface area contributed by atoms with Gasteiger partial charge in [0.25, 0.3) is 0 Å². The number of benzene rings is 1. The van der Waals surface area contributed by atoms with Gasteiger partial charge < -0.3 is 5.73 Å². The second-order valence-electron chi connectivity index (χ2n) is 5.40. The zero-order valence-electron chi connectivity index (χ0n) is 12.0. The first-order chi connectivity index (χ1) is 8.96. The summed E-state index contributed by atoms with van der Waals surface area (Å²) >= 11 is 5.68. The van der Waals surface area contributed by atoms with Gasteiger partial charge in [0.2, 0.25) is 0 Å². The van der Waals surface area contributed by atoms with E-state index in [1.54, 1.807) is 0 Å². The molecule has 1 aromatic rings. The van der Waals surface area contributed by atoms with Gasteiger partial charge in [0.1, 0.15) is 0 Å². The van der Waals surface area contributed by atoms with Crippen LogP contribution < -0.4 is 5.73 Å². The van der Waals surface area contributed by atoms with E-state index in [4.69, 9.17) is 17.3 Å². The molecule has 0 fully saturated rings. The Hall–Kier alpha value is -0.620. The van der Waals surface area contributed by atoms with Crippen LogP contribution in [0.2, 0.25) is 0 Å². The van der Waals surface area contributed by atoms with Crippen molar-refractivity contribution in [1.29, 1.82) is 0 Å². The topological polar surface area (TPSA) is 26.0 Å². The first kappa shape index (κ1) is 16.4. The second-order valence-corrected chi connectivity index (χ2v) is 10.2. The molecule has 0 aliphatic rings. The smallest absolute Gasteiger partial charge is 0.0691 e. The van der Waals surface area contributed by atoms with Gasteiger partial charge in [-0.3, -0.25) is 0 Å². The largest absolute Gasteiger partial charge is 0.322 e. The van der Waals surface area contributed by atoms with E-state index >= 15 is 0 Å². The standard InChI is InChI=1S/C16H24ClNS/c1-19(2,3)15(12-8-5-9-13-17)16(18)14-10-6-4-7-11-14/h4,6-7,10-11,15-16H,5,9,13,18H2,1-3H3/t15-,16-/m0/s1. The minimum atomic E-state index is -0.831. The lowest BCUT2D eigenvalue weighted by Gasteiger charge is -2.36. The highest BCUT2D eigenvalue weighted by molar-refractivity contribution is 8.32. The highest BCUT2D eigenvalue weighted by Crippen LogP contribution is 2.45. The van der Waals surface area contributed by atoms with Crippen LogP contribution in [0.5, 0.6) is 0 Å². The minimum absolute atomic E-state index is 0.0142. The third-order valence-electron chi connectivity index (χ3n) is 2.95. The summed E-state index contributed by atoms with van der Waals surface area (Å²) in [4.78, 5) is 0. The quantitative estimate of drug-likeness (QED) is 0.500. The lowest BCUT2D eigenvalue weighted by Crippen LogP contribution is -2.29. The van der Waals surface area contributed by atoms with Crippen LogP contribution in [-0.2, 0) is 0 Å². The molecule has 0 amide bonds. The van der Waals surface area contributed by atoms with Gasteiger partial charge in [0.15, 0.2) is 0 Å². The summed E-state index contributed by atoms with van der Waals surface area (Å²) in [5.74, 6) is 7.32. The van der Waals surface area contributed by atoms with Crippen LogP contribution in [0.25, 0.3) is 0 Å². The van der Waals surface area contributed by atoms with Crippen molar-refractivity contribution in [2.45, 2.75) is 24.1 Å². The highest BCUT2D eigenvalue weighted by Gasteiger charge is 2.25. The van der Waals surface area contributed by atoms with Gasteiger partial charge >= 0.3 is 0 Å². The number of hydrogen-bond acceptors (Lipinski definition) is 1. The van der Waals surface area contributed by atoms with Crippen LogP contribution >= 0.6 is 21.6 Å². The van der Waals surface area contributed by atoms with E-state index in [2.05, 4.69) is 42.7 Å². The third-order valence-corrected chi connectivity index (χ3v) is 5.15. The zero-order chi connectivity index (χ0) is 14.3. The Morgan fingerprint density at radius 1 is 1.21 bits per heavy atom. The molecule has 0 heterocycles. The Balaban J connectivity index is 2.88. The number of hydrogen-bond donors (Lipinski definition) is 1. The van der Waals surface area contributed by atoms with Crippen molar-refractivity contribution in [1.82, 2.24) is 0 Å². The summed E-state index contributed by atoms with van der Waals surface area (Å²) in [6.07, 6.45) is 8.63. The van der Waals surface area contributed by atoms with Crippen LogP contribution in [0.15, 0.2) is 30.3 Å². The average Bonchev–Trinajstić information content (AvgIpc) is 2.37. The van der Waals surface area contributed by atoms with Crippen molar-refractivity contribution >= 4 is 21.6 Å². The van der Waals surface area contributed by atoms with E-state index in [-0.39, 0.29) is 11.3 Å². The summed E-state index contributed by atoms with van der Waals surface area (Å²) in [7, 11) is -0.831. The van der Waals surface area contributed by atoms with E-state index in [1.165, 1.54) is 5.56 Å². The lowest BCUT2D eigenvalue weighted by atomic mass is 10.0. The maximum absolute atomic E-state index is 6.43. The predicted octanol–water partition coefficient (Wildman–Crippen LogP) is 3.77. The minimum Gasteiger partial charge on any atom is -0.322 e. The van der Waals surface area contributed by atoms with Crippen molar-refractivity contribution in [3.8, 4) is 11.8 Å². The number of alkyl halides is 1. The molecule has 106 valence electrons. The van der Waals surface area contributed by atoms with Gasteiger partial charge in [-0.2, -0.15) is 0 Å². The third kappa shape index (κ3) is 5.48. The molecular formula is C16H24ClNS. The molecule has 0 aliphatic carbocycles. The first-order valence-electron chi connectivity index (χ1n) is 6.49. The molecule has 0 bridgehead atoms. The highest BCUT2D eigenvalue weighted by atomic mass is 35.5. The normalized spacial score (nSPS) is 15.2. The average molecular weight is 298 g/mol. The van der Waals surface area contributed by atoms with Crippen LogP contribution in [0, 0.1) is 11.8 Å². The maximum atomic E-state index is 6.43. The fourth-order valence-corrected chi connectivity index (χ4v) is 3.49. The molecule has 3 heteroatoms. The van der Waals surface area contributed by atoms with Gasteiger partial charge in [-0.25, -0.2) is 10.0 Å². The van der Waals surface area contributed by atoms with Gasteiger partial charge in [-0.15, -0.1) is 17.5 Å². The molecule has 2 N–H and O–H groups in total. The number of nitrogens with two attached hydrogens (primary N) is 1. The van der Waals surface area contributed by atoms with Crippen LogP contribution in [0.3, 0.4) is 0 Å². The van der Waals surface area contributed by atoms with Crippen molar-refractivity contribution in [2.24, 2.45) is 5.73 Å². The summed E-state index contributed by atoms with van der Waals surface area (Å²) in [6, 6.07) is 10.2. The molecule has 0 aliphatic heterocycles. The summed E-state index contributed by atoms with van der Waals surface area (Å²) in [5.41, 5.74) is 7.60. The molecule has 1 nitrogen and oxygen atoms in total.